The van der Waals surface area contributed by atoms with Crippen molar-refractivity contribution in [2.75, 3.05) is 0 Å². The zero-order valence-electron chi connectivity index (χ0n) is 18.1. The first-order valence-electron chi connectivity index (χ1n) is 10.7. The third kappa shape index (κ3) is 4.58. The molecule has 0 bridgehead atoms. The largest absolute Gasteiger partial charge is 0.349 e. The number of H-pyrrole nitrogens is 2. The Labute approximate surface area is 214 Å². The number of nitrogens with zero attached hydrogens (tertiary/aromatic N) is 4. The second kappa shape index (κ2) is 9.61. The van der Waals surface area contributed by atoms with Crippen LogP contribution >= 0.6 is 35.4 Å². The van der Waals surface area contributed by atoms with E-state index in [1.165, 1.54) is 0 Å². The maximum Gasteiger partial charge on any atom is 0.349 e. The lowest BCUT2D eigenvalue weighted by atomic mass is 9.90. The molecule has 0 aliphatic heterocycles. The lowest BCUT2D eigenvalue weighted by Crippen LogP contribution is -2.30. The highest BCUT2D eigenvalue weighted by atomic mass is 35.5. The van der Waals surface area contributed by atoms with Gasteiger partial charge in [-0.25, -0.2) is 4.79 Å². The van der Waals surface area contributed by atoms with Gasteiger partial charge in [0.1, 0.15) is 12.0 Å². The number of benzene rings is 2. The highest BCUT2D eigenvalue weighted by Crippen LogP contribution is 2.37. The van der Waals surface area contributed by atoms with Crippen LogP contribution in [0.4, 0.5) is 0 Å². The molecule has 8 nitrogen and oxygen atoms in total. The predicted octanol–water partition coefficient (Wildman–Crippen LogP) is 4.85. The van der Waals surface area contributed by atoms with Crippen molar-refractivity contribution in [3.8, 4) is 5.69 Å². The van der Waals surface area contributed by atoms with Crippen LogP contribution in [0.3, 0.4) is 0 Å². The van der Waals surface area contributed by atoms with Crippen LogP contribution < -0.4 is 11.2 Å². The van der Waals surface area contributed by atoms with Crippen LogP contribution in [-0.4, -0.2) is 29.5 Å². The van der Waals surface area contributed by atoms with E-state index in [0.717, 1.165) is 40.5 Å². The summed E-state index contributed by atoms with van der Waals surface area (Å²) in [6, 6.07) is 12.6. The van der Waals surface area contributed by atoms with Gasteiger partial charge in [0, 0.05) is 15.7 Å². The SMILES string of the molecule is O=c1cnn(-c2ccc(C(c3ccc(Cl)cc3)c3n[nH]c(=S)n3C3=CCCC=C3)c(Cl)c2)c(=O)[nH]1. The Morgan fingerprint density at radius 2 is 1.86 bits per heavy atom. The molecule has 1 unspecified atom stereocenters. The molecule has 2 N–H and O–H groups in total. The maximum absolute atomic E-state index is 12.2. The molecule has 176 valence electrons. The minimum absolute atomic E-state index is 0.385. The first-order valence-corrected chi connectivity index (χ1v) is 11.9. The van der Waals surface area contributed by atoms with E-state index < -0.39 is 17.2 Å². The number of halogens is 2. The van der Waals surface area contributed by atoms with Gasteiger partial charge in [0.05, 0.1) is 11.6 Å². The smallest absolute Gasteiger partial charge is 0.272 e. The molecule has 0 radical (unpaired) electrons. The standard InChI is InChI=1S/C24H18Cl2N6O2S/c25-15-8-6-14(7-9-15)21(22-29-30-24(35)31(22)16-4-2-1-3-5-16)18-11-10-17(12-19(18)26)32-23(34)28-20(33)13-27-32/h2,4-13,21H,1,3H2,(H,30,35)(H,28,33,34). The van der Waals surface area contributed by atoms with Gasteiger partial charge in [0.15, 0.2) is 4.77 Å². The molecule has 2 heterocycles. The summed E-state index contributed by atoms with van der Waals surface area (Å²) in [7, 11) is 0. The van der Waals surface area contributed by atoms with E-state index in [4.69, 9.17) is 35.4 Å². The summed E-state index contributed by atoms with van der Waals surface area (Å²) in [5.74, 6) is 0.252. The van der Waals surface area contributed by atoms with Gasteiger partial charge in [-0.15, -0.1) is 0 Å². The lowest BCUT2D eigenvalue weighted by Gasteiger charge is -2.21. The van der Waals surface area contributed by atoms with Crippen molar-refractivity contribution in [3.05, 3.63) is 119 Å². The first kappa shape index (κ1) is 23.2. The van der Waals surface area contributed by atoms with Crippen LogP contribution in [0.2, 0.25) is 10.0 Å². The quantitative estimate of drug-likeness (QED) is 0.363. The number of aromatic amines is 2. The summed E-state index contributed by atoms with van der Waals surface area (Å²) >= 11 is 18.5. The van der Waals surface area contributed by atoms with Crippen LogP contribution in [0.15, 0.2) is 76.5 Å². The van der Waals surface area contributed by atoms with Gasteiger partial charge in [0.25, 0.3) is 5.56 Å². The summed E-state index contributed by atoms with van der Waals surface area (Å²) in [4.78, 5) is 25.8. The monoisotopic (exact) mass is 524 g/mol. The molecule has 0 spiro atoms. The minimum atomic E-state index is -0.660. The Balaban J connectivity index is 1.69. The molecule has 0 fully saturated rings. The average Bonchev–Trinajstić information content (AvgIpc) is 3.23. The van der Waals surface area contributed by atoms with Crippen LogP contribution in [0, 0.1) is 4.77 Å². The summed E-state index contributed by atoms with van der Waals surface area (Å²) < 4.78 is 3.44. The van der Waals surface area contributed by atoms with Gasteiger partial charge in [-0.3, -0.25) is 19.4 Å². The molecule has 0 saturated carbocycles. The van der Waals surface area contributed by atoms with Gasteiger partial charge >= 0.3 is 5.69 Å². The zero-order chi connectivity index (χ0) is 24.5. The van der Waals surface area contributed by atoms with Gasteiger partial charge in [-0.05, 0) is 66.5 Å². The Bertz CT molecular complexity index is 1650. The molecular weight excluding hydrogens is 507 g/mol. The molecule has 4 aromatic rings. The van der Waals surface area contributed by atoms with E-state index in [1.807, 2.05) is 28.8 Å². The van der Waals surface area contributed by atoms with E-state index in [9.17, 15) is 9.59 Å². The second-order valence-corrected chi connectivity index (χ2v) is 9.10. The first-order chi connectivity index (χ1) is 16.9. The van der Waals surface area contributed by atoms with Crippen LogP contribution in [0.25, 0.3) is 11.4 Å². The molecule has 0 amide bonds. The molecular formula is C24H18Cl2N6O2S. The average molecular weight is 525 g/mol. The maximum atomic E-state index is 12.2. The van der Waals surface area contributed by atoms with Gasteiger partial charge in [-0.1, -0.05) is 53.6 Å². The minimum Gasteiger partial charge on any atom is -0.272 e. The number of hydrogen-bond acceptors (Lipinski definition) is 5. The normalized spacial score (nSPS) is 14.1. The van der Waals surface area contributed by atoms with Gasteiger partial charge < -0.3 is 0 Å². The molecule has 35 heavy (non-hydrogen) atoms. The van der Waals surface area contributed by atoms with Crippen LogP contribution in [-0.2, 0) is 0 Å². The van der Waals surface area contributed by atoms with E-state index in [2.05, 4.69) is 32.4 Å². The van der Waals surface area contributed by atoms with Crippen LogP contribution in [0.1, 0.15) is 35.7 Å². The predicted molar refractivity (Wildman–Crippen MR) is 138 cm³/mol. The van der Waals surface area contributed by atoms with Crippen molar-refractivity contribution in [2.45, 2.75) is 18.8 Å². The molecule has 1 atom stereocenters. The third-order valence-electron chi connectivity index (χ3n) is 5.65. The topological polar surface area (TPSA) is 101 Å². The Morgan fingerprint density at radius 1 is 1.06 bits per heavy atom. The van der Waals surface area contributed by atoms with Crippen LogP contribution in [0.5, 0.6) is 0 Å². The Kier molecular flexibility index (Phi) is 6.38. The third-order valence-corrected chi connectivity index (χ3v) is 6.50. The fraction of sp³-hybridized carbons (Fsp3) is 0.125. The molecule has 0 saturated heterocycles. The summed E-state index contributed by atoms with van der Waals surface area (Å²) in [6.07, 6.45) is 9.14. The summed E-state index contributed by atoms with van der Waals surface area (Å²) in [6.45, 7) is 0. The van der Waals surface area contributed by atoms with E-state index in [1.54, 1.807) is 24.3 Å². The van der Waals surface area contributed by atoms with E-state index in [0.29, 0.717) is 26.3 Å². The summed E-state index contributed by atoms with van der Waals surface area (Å²) in [5.41, 5.74) is 1.75. The second-order valence-electron chi connectivity index (χ2n) is 7.87. The van der Waals surface area contributed by atoms with E-state index in [-0.39, 0.29) is 0 Å². The number of nitrogens with one attached hydrogen (secondary N) is 2. The highest BCUT2D eigenvalue weighted by molar-refractivity contribution is 7.71. The number of hydrogen-bond donors (Lipinski definition) is 2. The Morgan fingerprint density at radius 3 is 2.54 bits per heavy atom. The fourth-order valence-electron chi connectivity index (χ4n) is 4.06. The van der Waals surface area contributed by atoms with Crippen molar-refractivity contribution in [3.63, 3.8) is 0 Å². The van der Waals surface area contributed by atoms with Crippen molar-refractivity contribution in [1.82, 2.24) is 29.5 Å². The fourth-order valence-corrected chi connectivity index (χ4v) is 4.71. The lowest BCUT2D eigenvalue weighted by molar-refractivity contribution is 0.748. The molecule has 5 rings (SSSR count). The van der Waals surface area contributed by atoms with E-state index >= 15 is 0 Å². The summed E-state index contributed by atoms with van der Waals surface area (Å²) in [5, 5.41) is 12.4. The highest BCUT2D eigenvalue weighted by Gasteiger charge is 2.26. The number of rotatable bonds is 5. The van der Waals surface area contributed by atoms with Crippen molar-refractivity contribution >= 4 is 41.1 Å². The zero-order valence-corrected chi connectivity index (χ0v) is 20.4. The molecule has 1 aliphatic rings. The van der Waals surface area contributed by atoms with Crippen molar-refractivity contribution in [1.29, 1.82) is 0 Å². The van der Waals surface area contributed by atoms with Crippen molar-refractivity contribution < 1.29 is 0 Å². The molecule has 2 aromatic carbocycles. The van der Waals surface area contributed by atoms with Crippen molar-refractivity contribution in [2.24, 2.45) is 0 Å². The van der Waals surface area contributed by atoms with Gasteiger partial charge in [0.2, 0.25) is 0 Å². The molecule has 1 aliphatic carbocycles. The number of allylic oxidation sites excluding steroid dienone is 4. The molecule has 2 aromatic heterocycles. The van der Waals surface area contributed by atoms with Gasteiger partial charge in [-0.2, -0.15) is 14.9 Å². The molecule has 11 heteroatoms. The Hall–Kier alpha value is -3.53. The number of aromatic nitrogens is 6.